The van der Waals surface area contributed by atoms with E-state index >= 15 is 0 Å². The van der Waals surface area contributed by atoms with Gasteiger partial charge in [0.2, 0.25) is 10.0 Å². The second kappa shape index (κ2) is 6.85. The Balaban J connectivity index is 1.78. The molecule has 5 nitrogen and oxygen atoms in total. The largest absolute Gasteiger partial charge is 0.331 e. The molecule has 0 radical (unpaired) electrons. The normalized spacial score (nSPS) is 11.3. The number of benzene rings is 2. The molecule has 0 aliphatic carbocycles. The summed E-state index contributed by atoms with van der Waals surface area (Å²) in [6.45, 7) is 4.17. The van der Waals surface area contributed by atoms with E-state index in [2.05, 4.69) is 34.9 Å². The van der Waals surface area contributed by atoms with Gasteiger partial charge in [0.15, 0.2) is 5.13 Å². The molecule has 0 saturated heterocycles. The van der Waals surface area contributed by atoms with E-state index in [1.807, 2.05) is 29.6 Å². The Morgan fingerprint density at radius 1 is 1.04 bits per heavy atom. The third-order valence-electron chi connectivity index (χ3n) is 3.83. The Bertz CT molecular complexity index is 993. The van der Waals surface area contributed by atoms with Crippen molar-refractivity contribution in [1.82, 2.24) is 4.98 Å². The lowest BCUT2D eigenvalue weighted by Gasteiger charge is -2.08. The van der Waals surface area contributed by atoms with Crippen LogP contribution < -0.4 is 10.0 Å². The van der Waals surface area contributed by atoms with Gasteiger partial charge < -0.3 is 5.32 Å². The van der Waals surface area contributed by atoms with Crippen molar-refractivity contribution < 1.29 is 8.42 Å². The maximum Gasteiger partial charge on any atom is 0.229 e. The highest BCUT2D eigenvalue weighted by atomic mass is 32.2. The van der Waals surface area contributed by atoms with Gasteiger partial charge in [-0.05, 0) is 43.2 Å². The standard InChI is InChI=1S/C18H19N3O2S2/c1-12-5-4-6-16(13(12)2)19-18-20-17(11-24-18)14-7-9-15(10-8-14)21-25(3,22)23/h4-11,21H,1-3H3,(H,19,20). The molecule has 3 aromatic rings. The monoisotopic (exact) mass is 373 g/mol. The molecule has 0 aliphatic rings. The van der Waals surface area contributed by atoms with Crippen LogP contribution in [0, 0.1) is 13.8 Å². The average Bonchev–Trinajstić information content (AvgIpc) is 3.00. The molecule has 25 heavy (non-hydrogen) atoms. The highest BCUT2D eigenvalue weighted by molar-refractivity contribution is 7.92. The number of sulfonamides is 1. The summed E-state index contributed by atoms with van der Waals surface area (Å²) in [5.74, 6) is 0. The van der Waals surface area contributed by atoms with Crippen molar-refractivity contribution in [1.29, 1.82) is 0 Å². The molecule has 1 aromatic heterocycles. The van der Waals surface area contributed by atoms with Crippen molar-refractivity contribution in [3.05, 3.63) is 59.0 Å². The molecule has 0 unspecified atom stereocenters. The molecule has 0 amide bonds. The molecular weight excluding hydrogens is 354 g/mol. The first-order chi connectivity index (χ1) is 11.8. The predicted octanol–water partition coefficient (Wildman–Crippen LogP) is 4.54. The number of aromatic nitrogens is 1. The smallest absolute Gasteiger partial charge is 0.229 e. The average molecular weight is 374 g/mol. The Morgan fingerprint density at radius 2 is 1.76 bits per heavy atom. The van der Waals surface area contributed by atoms with E-state index in [1.165, 1.54) is 22.5 Å². The summed E-state index contributed by atoms with van der Waals surface area (Å²) in [5.41, 5.74) is 5.81. The van der Waals surface area contributed by atoms with Crippen LogP contribution in [-0.2, 0) is 10.0 Å². The minimum atomic E-state index is -3.27. The highest BCUT2D eigenvalue weighted by Crippen LogP contribution is 2.29. The number of nitrogens with zero attached hydrogens (tertiary/aromatic N) is 1. The van der Waals surface area contributed by atoms with Gasteiger partial charge in [-0.1, -0.05) is 24.3 Å². The lowest BCUT2D eigenvalue weighted by atomic mass is 10.1. The highest BCUT2D eigenvalue weighted by Gasteiger charge is 2.08. The van der Waals surface area contributed by atoms with Crippen LogP contribution in [0.2, 0.25) is 0 Å². The zero-order chi connectivity index (χ0) is 18.0. The van der Waals surface area contributed by atoms with Crippen molar-refractivity contribution in [2.24, 2.45) is 0 Å². The van der Waals surface area contributed by atoms with Gasteiger partial charge in [-0.15, -0.1) is 11.3 Å². The number of hydrogen-bond donors (Lipinski definition) is 2. The van der Waals surface area contributed by atoms with Crippen LogP contribution in [0.1, 0.15) is 11.1 Å². The fourth-order valence-corrected chi connectivity index (χ4v) is 3.68. The predicted molar refractivity (Wildman–Crippen MR) is 105 cm³/mol. The third kappa shape index (κ3) is 4.37. The number of hydrogen-bond acceptors (Lipinski definition) is 5. The lowest BCUT2D eigenvalue weighted by Crippen LogP contribution is -2.09. The number of rotatable bonds is 5. The van der Waals surface area contributed by atoms with Gasteiger partial charge in [0.25, 0.3) is 0 Å². The zero-order valence-electron chi connectivity index (χ0n) is 14.2. The quantitative estimate of drug-likeness (QED) is 0.689. The van der Waals surface area contributed by atoms with E-state index in [0.717, 1.165) is 28.3 Å². The van der Waals surface area contributed by atoms with Gasteiger partial charge in [0, 0.05) is 22.3 Å². The van der Waals surface area contributed by atoms with Crippen LogP contribution in [0.15, 0.2) is 47.8 Å². The van der Waals surface area contributed by atoms with Gasteiger partial charge in [-0.2, -0.15) is 0 Å². The van der Waals surface area contributed by atoms with Crippen molar-refractivity contribution >= 4 is 37.9 Å². The Kier molecular flexibility index (Phi) is 4.78. The van der Waals surface area contributed by atoms with E-state index in [0.29, 0.717) is 5.69 Å². The summed E-state index contributed by atoms with van der Waals surface area (Å²) in [4.78, 5) is 4.62. The van der Waals surface area contributed by atoms with Gasteiger partial charge in [-0.25, -0.2) is 13.4 Å². The summed E-state index contributed by atoms with van der Waals surface area (Å²) in [5, 5.41) is 6.16. The minimum absolute atomic E-state index is 0.537. The van der Waals surface area contributed by atoms with Crippen molar-refractivity contribution in [2.45, 2.75) is 13.8 Å². The zero-order valence-corrected chi connectivity index (χ0v) is 15.8. The van der Waals surface area contributed by atoms with Gasteiger partial charge in [-0.3, -0.25) is 4.72 Å². The topological polar surface area (TPSA) is 71.1 Å². The van der Waals surface area contributed by atoms with E-state index < -0.39 is 10.0 Å². The van der Waals surface area contributed by atoms with Crippen LogP contribution in [0.4, 0.5) is 16.5 Å². The Morgan fingerprint density at radius 3 is 2.44 bits per heavy atom. The summed E-state index contributed by atoms with van der Waals surface area (Å²) in [7, 11) is -3.27. The number of aryl methyl sites for hydroxylation is 1. The van der Waals surface area contributed by atoms with Crippen LogP contribution in [-0.4, -0.2) is 19.7 Å². The number of thiazole rings is 1. The number of nitrogens with one attached hydrogen (secondary N) is 2. The molecule has 2 N–H and O–H groups in total. The maximum absolute atomic E-state index is 11.3. The van der Waals surface area contributed by atoms with E-state index in [9.17, 15) is 8.42 Å². The van der Waals surface area contributed by atoms with E-state index in [-0.39, 0.29) is 0 Å². The summed E-state index contributed by atoms with van der Waals surface area (Å²) < 4.78 is 25.0. The second-order valence-corrected chi connectivity index (χ2v) is 8.47. The fraction of sp³-hybridized carbons (Fsp3) is 0.167. The third-order valence-corrected chi connectivity index (χ3v) is 5.20. The first-order valence-corrected chi connectivity index (χ1v) is 10.5. The Hall–Kier alpha value is -2.38. The number of anilines is 3. The molecular formula is C18H19N3O2S2. The Labute approximate surface area is 151 Å². The van der Waals surface area contributed by atoms with Crippen LogP contribution in [0.5, 0.6) is 0 Å². The molecule has 0 saturated carbocycles. The molecule has 0 bridgehead atoms. The molecule has 3 rings (SSSR count). The molecule has 0 atom stereocenters. The molecule has 7 heteroatoms. The molecule has 1 heterocycles. The first kappa shape index (κ1) is 17.4. The van der Waals surface area contributed by atoms with Gasteiger partial charge in [0.1, 0.15) is 0 Å². The van der Waals surface area contributed by atoms with E-state index in [1.54, 1.807) is 12.1 Å². The summed E-state index contributed by atoms with van der Waals surface area (Å²) >= 11 is 1.53. The first-order valence-electron chi connectivity index (χ1n) is 7.69. The lowest BCUT2D eigenvalue weighted by molar-refractivity contribution is 0.607. The second-order valence-electron chi connectivity index (χ2n) is 5.86. The summed E-state index contributed by atoms with van der Waals surface area (Å²) in [6.07, 6.45) is 1.13. The SMILES string of the molecule is Cc1cccc(Nc2nc(-c3ccc(NS(C)(=O)=O)cc3)cs2)c1C. The van der Waals surface area contributed by atoms with Crippen molar-refractivity contribution in [2.75, 3.05) is 16.3 Å². The van der Waals surface area contributed by atoms with Crippen LogP contribution in [0.3, 0.4) is 0 Å². The molecule has 2 aromatic carbocycles. The van der Waals surface area contributed by atoms with Crippen molar-refractivity contribution in [3.63, 3.8) is 0 Å². The molecule has 130 valence electrons. The van der Waals surface area contributed by atoms with Crippen molar-refractivity contribution in [3.8, 4) is 11.3 Å². The summed E-state index contributed by atoms with van der Waals surface area (Å²) in [6, 6.07) is 13.3. The van der Waals surface area contributed by atoms with Gasteiger partial charge >= 0.3 is 0 Å². The van der Waals surface area contributed by atoms with Crippen LogP contribution >= 0.6 is 11.3 Å². The van der Waals surface area contributed by atoms with Crippen LogP contribution in [0.25, 0.3) is 11.3 Å². The maximum atomic E-state index is 11.3. The van der Waals surface area contributed by atoms with Gasteiger partial charge in [0.05, 0.1) is 11.9 Å². The molecule has 0 aliphatic heterocycles. The molecule has 0 spiro atoms. The van der Waals surface area contributed by atoms with E-state index in [4.69, 9.17) is 0 Å². The minimum Gasteiger partial charge on any atom is -0.331 e. The fourth-order valence-electron chi connectivity index (χ4n) is 2.39. The molecule has 0 fully saturated rings.